The van der Waals surface area contributed by atoms with Gasteiger partial charge in [0.25, 0.3) is 8.53 Å². The van der Waals surface area contributed by atoms with Crippen LogP contribution in [0.3, 0.4) is 0 Å². The van der Waals surface area contributed by atoms with Gasteiger partial charge in [0.2, 0.25) is 5.91 Å². The van der Waals surface area contributed by atoms with Crippen molar-refractivity contribution in [1.82, 2.24) is 14.2 Å². The molecule has 5 rings (SSSR count). The molecule has 4 aromatic rings. The summed E-state index contributed by atoms with van der Waals surface area (Å²) in [6, 6.07) is 29.2. The SMILES string of the molecule is COc1ccc(C(OC[C@H]2O[C@@H]([15n]3ccc([15NH]C(C)=O)[15n]c3=O)[C@@H](O[Si](C)(C)C(C)(C)C)C2OP(OCCC#N)N(C(C)C)C(C)C)(c2ccccc2)c2ccc(OC)cc2)cc1. The van der Waals surface area contributed by atoms with Gasteiger partial charge in [0.1, 0.15) is 41.2 Å². The van der Waals surface area contributed by atoms with Crippen molar-refractivity contribution in [2.45, 2.75) is 122 Å². The molecular weight excluding hydrogens is 841 g/mol. The highest BCUT2D eigenvalue weighted by atomic mass is 31.2. The predicted octanol–water partition coefficient (Wildman–Crippen LogP) is 9.18. The molecule has 1 amide bonds. The third-order valence-electron chi connectivity index (χ3n) is 11.4. The molecule has 14 nitrogen and oxygen atoms in total. The predicted molar refractivity (Wildman–Crippen MR) is 247 cm³/mol. The normalized spacial score (nSPS) is 18.7. The quantitative estimate of drug-likeness (QED) is 0.0296. The van der Waals surface area contributed by atoms with Crippen LogP contribution in [-0.4, -0.2) is 86.3 Å². The number of rotatable bonds is 20. The molecule has 0 bridgehead atoms. The van der Waals surface area contributed by atoms with Crippen LogP contribution in [0, 0.1) is 11.3 Å². The van der Waals surface area contributed by atoms with Gasteiger partial charge in [-0.05, 0) is 92.8 Å². The first-order valence-corrected chi connectivity index (χ1v) is 25.3. The van der Waals surface area contributed by atoms with E-state index < -0.39 is 52.7 Å². The molecule has 0 saturated carbocycles. The average molecular weight is 905 g/mol. The fourth-order valence-corrected chi connectivity index (χ4v) is 10.4. The van der Waals surface area contributed by atoms with Crippen LogP contribution < -0.4 is 20.5 Å². The second-order valence-corrected chi connectivity index (χ2v) is 23.7. The van der Waals surface area contributed by atoms with E-state index >= 15 is 0 Å². The summed E-state index contributed by atoms with van der Waals surface area (Å²) in [6.45, 7) is 20.4. The van der Waals surface area contributed by atoms with E-state index in [1.54, 1.807) is 26.5 Å². The number of benzene rings is 3. The van der Waals surface area contributed by atoms with Crippen molar-refractivity contribution in [3.63, 3.8) is 0 Å². The molecular formula is C47H64N5O9PSi. The van der Waals surface area contributed by atoms with Gasteiger partial charge in [-0.25, -0.2) is 9.46 Å². The second kappa shape index (κ2) is 21.5. The van der Waals surface area contributed by atoms with E-state index in [1.807, 2.05) is 78.9 Å². The molecule has 0 aliphatic carbocycles. The highest BCUT2D eigenvalue weighted by molar-refractivity contribution is 7.44. The molecule has 5 atom stereocenters. The fourth-order valence-electron chi connectivity index (χ4n) is 7.37. The molecule has 1 aliphatic rings. The Morgan fingerprint density at radius 1 is 0.905 bits per heavy atom. The van der Waals surface area contributed by atoms with Crippen molar-refractivity contribution in [1.29, 1.82) is 5.26 Å². The van der Waals surface area contributed by atoms with Crippen LogP contribution in [0.4, 0.5) is 5.82 Å². The molecule has 1 aliphatic heterocycles. The minimum absolute atomic E-state index is 0.00483. The maximum Gasteiger partial charge on any atom is 0.351 e. The summed E-state index contributed by atoms with van der Waals surface area (Å²) in [6.07, 6.45) is -1.94. The second-order valence-electron chi connectivity index (χ2n) is 17.5. The van der Waals surface area contributed by atoms with E-state index in [0.29, 0.717) is 11.5 Å². The minimum Gasteiger partial charge on any atom is -0.497 e. The van der Waals surface area contributed by atoms with Crippen LogP contribution >= 0.6 is 8.53 Å². The number of hydrogen-bond acceptors (Lipinski definition) is 12. The number of nitriles is 1. The van der Waals surface area contributed by atoms with Gasteiger partial charge in [-0.2, -0.15) is 10.2 Å². The molecule has 63 heavy (non-hydrogen) atoms. The standard InChI is InChI=1S/C47H64N5O9PSi/c1-32(2)52(33(3)4)62(58-30-16-28-48)60-42-40(59-44(43(42)61-63(11,12)46(6,7)8)51-29-27-41(49-34(5)53)50-45(51)54)31-57-47(35-17-14-13-15-18-35,36-19-23-38(55-9)24-20-36)37-21-25-39(56-10)26-22-37/h13-15,17-27,29,32-33,40,42-44H,16,30-31H2,1-12H3,(H,49,50,53,54)/t40-,42?,43+,44-,62?/m1/s1/i49+1,50+1,51+1. The van der Waals surface area contributed by atoms with Gasteiger partial charge in [-0.3, -0.25) is 9.36 Å². The van der Waals surface area contributed by atoms with Gasteiger partial charge < -0.3 is 37.7 Å². The summed E-state index contributed by atoms with van der Waals surface area (Å²) < 4.78 is 50.3. The van der Waals surface area contributed by atoms with Crippen molar-refractivity contribution < 1.29 is 37.2 Å². The zero-order chi connectivity index (χ0) is 46.1. The van der Waals surface area contributed by atoms with E-state index in [0.717, 1.165) is 16.7 Å². The van der Waals surface area contributed by atoms with Gasteiger partial charge in [-0.15, -0.1) is 0 Å². The average Bonchev–Trinajstić information content (AvgIpc) is 3.55. The lowest BCUT2D eigenvalue weighted by Crippen LogP contribution is -2.50. The smallest absolute Gasteiger partial charge is 0.351 e. The van der Waals surface area contributed by atoms with Gasteiger partial charge >= 0.3 is 5.69 Å². The molecule has 1 saturated heterocycles. The largest absolute Gasteiger partial charge is 0.497 e. The maximum absolute atomic E-state index is 14.0. The van der Waals surface area contributed by atoms with Crippen LogP contribution in [0.2, 0.25) is 18.1 Å². The Morgan fingerprint density at radius 2 is 1.46 bits per heavy atom. The monoisotopic (exact) mass is 904 g/mol. The molecule has 2 heterocycles. The van der Waals surface area contributed by atoms with Crippen LogP contribution in [0.15, 0.2) is 95.9 Å². The van der Waals surface area contributed by atoms with Crippen molar-refractivity contribution >= 4 is 28.6 Å². The third kappa shape index (κ3) is 11.6. The topological polar surface area (TPSA) is 156 Å². The van der Waals surface area contributed by atoms with Crippen LogP contribution in [-0.2, 0) is 33.3 Å². The molecule has 1 aromatic heterocycles. The molecule has 1 fully saturated rings. The number of anilines is 1. The number of carbonyl (C=O) groups excluding carboxylic acids is 1. The zero-order valence-electron chi connectivity index (χ0n) is 38.7. The van der Waals surface area contributed by atoms with Gasteiger partial charge in [0.05, 0.1) is 39.9 Å². The molecule has 3 aromatic carbocycles. The van der Waals surface area contributed by atoms with Gasteiger partial charge in [0, 0.05) is 25.2 Å². The van der Waals surface area contributed by atoms with Crippen LogP contribution in [0.5, 0.6) is 11.5 Å². The summed E-state index contributed by atoms with van der Waals surface area (Å²) in [5.41, 5.74) is 0.633. The number of aromatic nitrogens is 2. The van der Waals surface area contributed by atoms with Crippen LogP contribution in [0.25, 0.3) is 0 Å². The van der Waals surface area contributed by atoms with Crippen molar-refractivity contribution in [2.75, 3.05) is 32.8 Å². The number of carbonyl (C=O) groups is 1. The summed E-state index contributed by atoms with van der Waals surface area (Å²) in [4.78, 5) is 30.2. The Labute approximate surface area is 374 Å². The highest BCUT2D eigenvalue weighted by Crippen LogP contribution is 2.52. The lowest BCUT2D eigenvalue weighted by molar-refractivity contribution is -0.114. The molecule has 1 N–H and O–H groups in total. The number of nitrogens with zero attached hydrogens (tertiary/aromatic N) is 4. The zero-order valence-corrected chi connectivity index (χ0v) is 40.6. The van der Waals surface area contributed by atoms with Gasteiger partial charge in [0.15, 0.2) is 14.5 Å². The number of hydrogen-bond donors (Lipinski definition) is 1. The molecule has 340 valence electrons. The van der Waals surface area contributed by atoms with Crippen LogP contribution in [0.1, 0.15) is 84.7 Å². The number of nitrogens with one attached hydrogen (secondary N) is 1. The Kier molecular flexibility index (Phi) is 16.9. The first kappa shape index (κ1) is 49.5. The Hall–Kier alpha value is -4.49. The number of methoxy groups -OCH3 is 2. The minimum atomic E-state index is -2.66. The fraction of sp³-hybridized carbons (Fsp3) is 0.489. The third-order valence-corrected chi connectivity index (χ3v) is 18.0. The Bertz CT molecular complexity index is 2140. The van der Waals surface area contributed by atoms with E-state index in [1.165, 1.54) is 11.5 Å². The molecule has 2 unspecified atom stereocenters. The summed E-state index contributed by atoms with van der Waals surface area (Å²) in [7, 11) is -1.24. The van der Waals surface area contributed by atoms with Crippen molar-refractivity contribution in [2.24, 2.45) is 0 Å². The lowest BCUT2D eigenvalue weighted by atomic mass is 9.80. The first-order valence-electron chi connectivity index (χ1n) is 21.3. The highest BCUT2D eigenvalue weighted by Gasteiger charge is 2.54. The number of amides is 1. The Morgan fingerprint density at radius 3 is 1.94 bits per heavy atom. The Balaban J connectivity index is 1.74. The maximum atomic E-state index is 14.0. The summed E-state index contributed by atoms with van der Waals surface area (Å²) >= 11 is 0. The van der Waals surface area contributed by atoms with E-state index in [9.17, 15) is 14.9 Å². The lowest BCUT2D eigenvalue weighted by Gasteiger charge is -2.42. The first-order chi connectivity index (χ1) is 29.9. The summed E-state index contributed by atoms with van der Waals surface area (Å²) in [5.74, 6) is 1.12. The van der Waals surface area contributed by atoms with Crippen molar-refractivity contribution in [3.05, 3.63) is 118 Å². The van der Waals surface area contributed by atoms with Crippen molar-refractivity contribution in [3.8, 4) is 17.6 Å². The van der Waals surface area contributed by atoms with E-state index in [4.69, 9.17) is 32.4 Å². The molecule has 0 spiro atoms. The number of ether oxygens (including phenoxy) is 4. The molecule has 16 heteroatoms. The van der Waals surface area contributed by atoms with E-state index in [-0.39, 0.29) is 48.5 Å². The van der Waals surface area contributed by atoms with E-state index in [2.05, 4.69) is 82.6 Å². The molecule has 0 radical (unpaired) electrons. The summed E-state index contributed by atoms with van der Waals surface area (Å²) in [5, 5.41) is 11.9. The van der Waals surface area contributed by atoms with Gasteiger partial charge in [-0.1, -0.05) is 75.4 Å².